The van der Waals surface area contributed by atoms with Crippen LogP contribution in [0.1, 0.15) is 342 Å². The molecule has 1 unspecified atom stereocenters. The first-order valence-electron chi connectivity index (χ1n) is 34.1. The summed E-state index contributed by atoms with van der Waals surface area (Å²) in [5, 5.41) is 0. The van der Waals surface area contributed by atoms with E-state index in [0.717, 1.165) is 116 Å². The molecule has 1 atom stereocenters. The van der Waals surface area contributed by atoms with E-state index in [1.165, 1.54) is 186 Å². The maximum atomic E-state index is 12.9. The van der Waals surface area contributed by atoms with Crippen LogP contribution in [0.4, 0.5) is 0 Å². The standard InChI is InChI=1S/C73H128O6/c1-4-7-10-13-16-19-22-25-27-28-29-30-31-32-33-34-35-36-37-38-39-40-41-42-43-44-45-46-47-49-51-54-57-60-63-66-72(75)78-69-70(68-77-71(74)65-62-59-56-53-50-24-21-18-15-12-9-6-3)79-73(76)67-64-61-58-55-52-48-26-23-20-17-14-11-8-5-2/h7,10,14,16-19,21,23,25-27,29-30,70H,4-6,8-9,11-13,15,20,22,24,28,31-69H2,1-3H3/b10-7-,17-14-,19-16-,21-18-,26-23-,27-25-,30-29-. The van der Waals surface area contributed by atoms with E-state index in [9.17, 15) is 14.4 Å². The first kappa shape index (κ1) is 75.6. The van der Waals surface area contributed by atoms with Crippen LogP contribution in [0.2, 0.25) is 0 Å². The van der Waals surface area contributed by atoms with Crippen LogP contribution < -0.4 is 0 Å². The molecule has 6 heteroatoms. The summed E-state index contributed by atoms with van der Waals surface area (Å²) in [6.07, 6.45) is 89.1. The first-order valence-corrected chi connectivity index (χ1v) is 34.1. The normalized spacial score (nSPS) is 12.6. The Kier molecular flexibility index (Phi) is 64.2. The number of ether oxygens (including phenoxy) is 3. The van der Waals surface area contributed by atoms with Crippen LogP contribution in [-0.2, 0) is 28.6 Å². The minimum absolute atomic E-state index is 0.0805. The third-order valence-electron chi connectivity index (χ3n) is 14.9. The Morgan fingerprint density at radius 2 is 0.506 bits per heavy atom. The van der Waals surface area contributed by atoms with Gasteiger partial charge in [-0.2, -0.15) is 0 Å². The summed E-state index contributed by atoms with van der Waals surface area (Å²) >= 11 is 0. The quantitative estimate of drug-likeness (QED) is 0.0261. The number of hydrogen-bond donors (Lipinski definition) is 0. The summed E-state index contributed by atoms with van der Waals surface area (Å²) in [7, 11) is 0. The third kappa shape index (κ3) is 65.3. The van der Waals surface area contributed by atoms with Crippen molar-refractivity contribution in [3.8, 4) is 0 Å². The highest BCUT2D eigenvalue weighted by atomic mass is 16.6. The van der Waals surface area contributed by atoms with Crippen molar-refractivity contribution in [2.45, 2.75) is 348 Å². The molecule has 0 radical (unpaired) electrons. The highest BCUT2D eigenvalue weighted by Crippen LogP contribution is 2.17. The van der Waals surface area contributed by atoms with Gasteiger partial charge in [-0.1, -0.05) is 298 Å². The summed E-state index contributed by atoms with van der Waals surface area (Å²) in [5.41, 5.74) is 0. The van der Waals surface area contributed by atoms with Gasteiger partial charge in [-0.05, 0) is 109 Å². The number of unbranched alkanes of at least 4 members (excludes halogenated alkanes) is 37. The molecule has 0 heterocycles. The minimum Gasteiger partial charge on any atom is -0.462 e. The number of hydrogen-bond acceptors (Lipinski definition) is 6. The van der Waals surface area contributed by atoms with Gasteiger partial charge >= 0.3 is 17.9 Å². The Bertz CT molecular complexity index is 1500. The van der Waals surface area contributed by atoms with E-state index in [2.05, 4.69) is 106 Å². The summed E-state index contributed by atoms with van der Waals surface area (Å²) in [4.78, 5) is 38.2. The van der Waals surface area contributed by atoms with E-state index in [1.54, 1.807) is 0 Å². The van der Waals surface area contributed by atoms with E-state index in [0.29, 0.717) is 19.3 Å². The molecular weight excluding hydrogens is 973 g/mol. The topological polar surface area (TPSA) is 78.9 Å². The highest BCUT2D eigenvalue weighted by molar-refractivity contribution is 5.71. The van der Waals surface area contributed by atoms with Crippen LogP contribution in [0.15, 0.2) is 85.1 Å². The van der Waals surface area contributed by atoms with Gasteiger partial charge in [0.15, 0.2) is 6.10 Å². The molecule has 456 valence electrons. The van der Waals surface area contributed by atoms with Crippen LogP contribution >= 0.6 is 0 Å². The maximum Gasteiger partial charge on any atom is 0.306 e. The molecule has 6 nitrogen and oxygen atoms in total. The van der Waals surface area contributed by atoms with E-state index >= 15 is 0 Å². The first-order chi connectivity index (χ1) is 39.0. The molecule has 0 aromatic carbocycles. The molecule has 0 saturated carbocycles. The number of rotatable bonds is 62. The van der Waals surface area contributed by atoms with Gasteiger partial charge in [-0.3, -0.25) is 14.4 Å². The van der Waals surface area contributed by atoms with Crippen molar-refractivity contribution >= 4 is 17.9 Å². The SMILES string of the molecule is CC/C=C\C/C=C\C/C=C\C/C=C\CCCCCCCCCCCCCCCCCCCCCCCCC(=O)OCC(COC(=O)CCCCCCC/C=C\CCCCC)OC(=O)CCCCCCC/C=C\C/C=C\CCCC. The van der Waals surface area contributed by atoms with E-state index in [1.807, 2.05) is 0 Å². The lowest BCUT2D eigenvalue weighted by molar-refractivity contribution is -0.167. The molecule has 0 spiro atoms. The van der Waals surface area contributed by atoms with Gasteiger partial charge in [-0.25, -0.2) is 0 Å². The number of esters is 3. The zero-order chi connectivity index (χ0) is 57.1. The molecule has 0 amide bonds. The van der Waals surface area contributed by atoms with Crippen molar-refractivity contribution in [3.05, 3.63) is 85.1 Å². The Labute approximate surface area is 490 Å². The minimum atomic E-state index is -0.784. The van der Waals surface area contributed by atoms with Crippen LogP contribution in [0.25, 0.3) is 0 Å². The molecule has 0 N–H and O–H groups in total. The second-order valence-corrected chi connectivity index (χ2v) is 22.7. The zero-order valence-electron chi connectivity index (χ0n) is 52.4. The number of carbonyl (C=O) groups is 3. The fourth-order valence-electron chi connectivity index (χ4n) is 9.74. The third-order valence-corrected chi connectivity index (χ3v) is 14.9. The molecule has 0 aliphatic heterocycles. The summed E-state index contributed by atoms with van der Waals surface area (Å²) in [6, 6.07) is 0. The van der Waals surface area contributed by atoms with E-state index in [4.69, 9.17) is 14.2 Å². The van der Waals surface area contributed by atoms with Gasteiger partial charge in [0.1, 0.15) is 13.2 Å². The molecule has 0 aromatic heterocycles. The fourth-order valence-corrected chi connectivity index (χ4v) is 9.74. The average Bonchev–Trinajstić information content (AvgIpc) is 3.45. The maximum absolute atomic E-state index is 12.9. The highest BCUT2D eigenvalue weighted by Gasteiger charge is 2.19. The second-order valence-electron chi connectivity index (χ2n) is 22.7. The van der Waals surface area contributed by atoms with Crippen LogP contribution in [0, 0.1) is 0 Å². The Morgan fingerprint density at radius 1 is 0.266 bits per heavy atom. The Hall–Kier alpha value is -3.41. The van der Waals surface area contributed by atoms with Gasteiger partial charge < -0.3 is 14.2 Å². The fraction of sp³-hybridized carbons (Fsp3) is 0.767. The van der Waals surface area contributed by atoms with E-state index in [-0.39, 0.29) is 31.1 Å². The van der Waals surface area contributed by atoms with Crippen LogP contribution in [-0.4, -0.2) is 37.2 Å². The number of carbonyl (C=O) groups excluding carboxylic acids is 3. The lowest BCUT2D eigenvalue weighted by Gasteiger charge is -2.18. The Balaban J connectivity index is 4.06. The van der Waals surface area contributed by atoms with Gasteiger partial charge in [0.05, 0.1) is 0 Å². The van der Waals surface area contributed by atoms with Crippen molar-refractivity contribution in [2.75, 3.05) is 13.2 Å². The molecule has 0 fully saturated rings. The van der Waals surface area contributed by atoms with Gasteiger partial charge in [0, 0.05) is 19.3 Å². The van der Waals surface area contributed by atoms with Crippen molar-refractivity contribution in [3.63, 3.8) is 0 Å². The van der Waals surface area contributed by atoms with Crippen molar-refractivity contribution in [1.82, 2.24) is 0 Å². The molecule has 0 rings (SSSR count). The lowest BCUT2D eigenvalue weighted by atomic mass is 10.0. The zero-order valence-corrected chi connectivity index (χ0v) is 52.4. The molecule has 79 heavy (non-hydrogen) atoms. The van der Waals surface area contributed by atoms with Crippen LogP contribution in [0.3, 0.4) is 0 Å². The van der Waals surface area contributed by atoms with E-state index < -0.39 is 6.10 Å². The average molecular weight is 1100 g/mol. The molecule has 0 aliphatic rings. The number of allylic oxidation sites excluding steroid dienone is 14. The van der Waals surface area contributed by atoms with Gasteiger partial charge in [-0.15, -0.1) is 0 Å². The van der Waals surface area contributed by atoms with Gasteiger partial charge in [0.2, 0.25) is 0 Å². The monoisotopic (exact) mass is 1100 g/mol. The summed E-state index contributed by atoms with van der Waals surface area (Å²) in [5.74, 6) is -0.890. The molecule has 0 aromatic rings. The van der Waals surface area contributed by atoms with Crippen molar-refractivity contribution in [2.24, 2.45) is 0 Å². The predicted molar refractivity (Wildman–Crippen MR) is 344 cm³/mol. The van der Waals surface area contributed by atoms with Crippen molar-refractivity contribution < 1.29 is 28.6 Å². The molecule has 0 aliphatic carbocycles. The smallest absolute Gasteiger partial charge is 0.306 e. The predicted octanol–water partition coefficient (Wildman–Crippen LogP) is 23.4. The molecular formula is C73H128O6. The second kappa shape index (κ2) is 67.1. The van der Waals surface area contributed by atoms with Crippen molar-refractivity contribution in [1.29, 1.82) is 0 Å². The Morgan fingerprint density at radius 3 is 0.823 bits per heavy atom. The molecule has 0 saturated heterocycles. The largest absolute Gasteiger partial charge is 0.462 e. The molecule has 0 bridgehead atoms. The van der Waals surface area contributed by atoms with Gasteiger partial charge in [0.25, 0.3) is 0 Å². The van der Waals surface area contributed by atoms with Crippen LogP contribution in [0.5, 0.6) is 0 Å². The summed E-state index contributed by atoms with van der Waals surface area (Å²) in [6.45, 7) is 6.48. The summed E-state index contributed by atoms with van der Waals surface area (Å²) < 4.78 is 16.9. The lowest BCUT2D eigenvalue weighted by Crippen LogP contribution is -2.30.